The Balaban J connectivity index is 1.30. The van der Waals surface area contributed by atoms with Gasteiger partial charge in [0, 0.05) is 37.7 Å². The van der Waals surface area contributed by atoms with E-state index in [9.17, 15) is 4.79 Å². The first-order valence-electron chi connectivity index (χ1n) is 10.3. The molecular weight excluding hydrogens is 404 g/mol. The number of carbonyl (C=O) groups is 1. The standard InChI is InChI=1S/C23H24N8O/c32-22(18-30(20-9-3-1-4-10-20)17-19-8-7-13-24-16-19)25-14-15-26-23-27-28-29-31(23)21-11-5-2-6-12-21/h1-13,16H,14-15,17-18H2,(H,25,32)(H,26,27,29). The minimum Gasteiger partial charge on any atom is -0.358 e. The van der Waals surface area contributed by atoms with Gasteiger partial charge in [-0.2, -0.15) is 4.68 Å². The van der Waals surface area contributed by atoms with Crippen molar-refractivity contribution in [1.29, 1.82) is 0 Å². The summed E-state index contributed by atoms with van der Waals surface area (Å²) in [5, 5.41) is 17.9. The second-order valence-corrected chi connectivity index (χ2v) is 7.08. The van der Waals surface area contributed by atoms with E-state index in [0.29, 0.717) is 25.6 Å². The molecule has 0 saturated heterocycles. The fourth-order valence-electron chi connectivity index (χ4n) is 3.24. The molecule has 2 aromatic carbocycles. The van der Waals surface area contributed by atoms with Crippen LogP contribution in [0, 0.1) is 0 Å². The number of carbonyl (C=O) groups excluding carboxylic acids is 1. The van der Waals surface area contributed by atoms with Crippen molar-refractivity contribution in [3.05, 3.63) is 90.8 Å². The number of anilines is 2. The summed E-state index contributed by atoms with van der Waals surface area (Å²) in [7, 11) is 0. The van der Waals surface area contributed by atoms with E-state index in [2.05, 4.69) is 31.1 Å². The molecule has 0 aliphatic carbocycles. The summed E-state index contributed by atoms with van der Waals surface area (Å²) in [6, 6.07) is 23.4. The number of amides is 1. The van der Waals surface area contributed by atoms with E-state index in [0.717, 1.165) is 16.9 Å². The Labute approximate surface area is 186 Å². The van der Waals surface area contributed by atoms with Crippen LogP contribution in [0.2, 0.25) is 0 Å². The molecule has 0 saturated carbocycles. The van der Waals surface area contributed by atoms with Crippen molar-refractivity contribution >= 4 is 17.5 Å². The molecule has 4 aromatic rings. The van der Waals surface area contributed by atoms with Gasteiger partial charge in [-0.3, -0.25) is 9.78 Å². The van der Waals surface area contributed by atoms with Gasteiger partial charge in [0.15, 0.2) is 0 Å². The van der Waals surface area contributed by atoms with Gasteiger partial charge < -0.3 is 15.5 Å². The van der Waals surface area contributed by atoms with Crippen molar-refractivity contribution in [3.63, 3.8) is 0 Å². The number of para-hydroxylation sites is 2. The van der Waals surface area contributed by atoms with Gasteiger partial charge in [0.2, 0.25) is 11.9 Å². The highest BCUT2D eigenvalue weighted by molar-refractivity contribution is 5.81. The number of tetrazole rings is 1. The molecule has 0 bridgehead atoms. The predicted molar refractivity (Wildman–Crippen MR) is 122 cm³/mol. The second kappa shape index (κ2) is 10.7. The van der Waals surface area contributed by atoms with Crippen molar-refractivity contribution in [2.45, 2.75) is 6.54 Å². The van der Waals surface area contributed by atoms with Crippen molar-refractivity contribution < 1.29 is 4.79 Å². The average molecular weight is 429 g/mol. The van der Waals surface area contributed by atoms with Crippen LogP contribution in [0.25, 0.3) is 5.69 Å². The Morgan fingerprint density at radius 2 is 1.72 bits per heavy atom. The van der Waals surface area contributed by atoms with Crippen LogP contribution < -0.4 is 15.5 Å². The highest BCUT2D eigenvalue weighted by Crippen LogP contribution is 2.16. The quantitative estimate of drug-likeness (QED) is 0.374. The maximum Gasteiger partial charge on any atom is 0.247 e. The largest absolute Gasteiger partial charge is 0.358 e. The lowest BCUT2D eigenvalue weighted by atomic mass is 10.2. The van der Waals surface area contributed by atoms with E-state index in [1.165, 1.54) is 0 Å². The van der Waals surface area contributed by atoms with E-state index in [1.807, 2.05) is 83.9 Å². The number of pyridine rings is 1. The molecule has 9 nitrogen and oxygen atoms in total. The molecule has 2 heterocycles. The second-order valence-electron chi connectivity index (χ2n) is 7.08. The van der Waals surface area contributed by atoms with Crippen molar-refractivity contribution in [1.82, 2.24) is 30.5 Å². The lowest BCUT2D eigenvalue weighted by Crippen LogP contribution is -2.39. The third kappa shape index (κ3) is 5.66. The molecule has 9 heteroatoms. The molecule has 0 unspecified atom stereocenters. The van der Waals surface area contributed by atoms with E-state index in [-0.39, 0.29) is 12.5 Å². The summed E-state index contributed by atoms with van der Waals surface area (Å²) in [5.41, 5.74) is 2.88. The van der Waals surface area contributed by atoms with E-state index >= 15 is 0 Å². The van der Waals surface area contributed by atoms with Gasteiger partial charge in [0.25, 0.3) is 0 Å². The number of rotatable bonds is 10. The molecule has 0 aliphatic rings. The van der Waals surface area contributed by atoms with E-state index in [1.54, 1.807) is 10.9 Å². The fourth-order valence-corrected chi connectivity index (χ4v) is 3.24. The molecule has 162 valence electrons. The van der Waals surface area contributed by atoms with Crippen LogP contribution in [-0.2, 0) is 11.3 Å². The van der Waals surface area contributed by atoms with Crippen LogP contribution in [0.15, 0.2) is 85.2 Å². The number of aromatic nitrogens is 5. The van der Waals surface area contributed by atoms with E-state index in [4.69, 9.17) is 0 Å². The van der Waals surface area contributed by atoms with Crippen LogP contribution in [0.3, 0.4) is 0 Å². The van der Waals surface area contributed by atoms with Gasteiger partial charge in [-0.05, 0) is 46.3 Å². The highest BCUT2D eigenvalue weighted by Gasteiger charge is 2.13. The third-order valence-corrected chi connectivity index (χ3v) is 4.75. The number of nitrogens with zero attached hydrogens (tertiary/aromatic N) is 6. The molecule has 0 radical (unpaired) electrons. The summed E-state index contributed by atoms with van der Waals surface area (Å²) in [6.07, 6.45) is 3.55. The molecule has 2 aromatic heterocycles. The Hall–Kier alpha value is -4.27. The molecule has 1 amide bonds. The zero-order chi connectivity index (χ0) is 22.0. The first-order valence-corrected chi connectivity index (χ1v) is 10.3. The van der Waals surface area contributed by atoms with Crippen LogP contribution in [0.4, 0.5) is 11.6 Å². The third-order valence-electron chi connectivity index (χ3n) is 4.75. The van der Waals surface area contributed by atoms with Gasteiger partial charge in [-0.1, -0.05) is 47.6 Å². The summed E-state index contributed by atoms with van der Waals surface area (Å²) in [5.74, 6) is 0.454. The van der Waals surface area contributed by atoms with Crippen molar-refractivity contribution in [3.8, 4) is 5.69 Å². The maximum absolute atomic E-state index is 12.6. The van der Waals surface area contributed by atoms with Gasteiger partial charge in [0.05, 0.1) is 12.2 Å². The average Bonchev–Trinajstić information content (AvgIpc) is 3.32. The lowest BCUT2D eigenvalue weighted by molar-refractivity contribution is -0.119. The van der Waals surface area contributed by atoms with Gasteiger partial charge in [0.1, 0.15) is 0 Å². The monoisotopic (exact) mass is 428 g/mol. The molecule has 0 fully saturated rings. The molecule has 0 aliphatic heterocycles. The van der Waals surface area contributed by atoms with Crippen LogP contribution in [0.1, 0.15) is 5.56 Å². The Morgan fingerprint density at radius 3 is 2.47 bits per heavy atom. The predicted octanol–water partition coefficient (Wildman–Crippen LogP) is 2.29. The molecule has 4 rings (SSSR count). The zero-order valence-corrected chi connectivity index (χ0v) is 17.5. The first-order chi connectivity index (χ1) is 15.8. The summed E-state index contributed by atoms with van der Waals surface area (Å²) in [4.78, 5) is 18.8. The minimum atomic E-state index is -0.0674. The summed E-state index contributed by atoms with van der Waals surface area (Å²) in [6.45, 7) is 1.76. The normalized spacial score (nSPS) is 10.5. The van der Waals surface area contributed by atoms with Gasteiger partial charge in [-0.15, -0.1) is 0 Å². The first kappa shape index (κ1) is 21.0. The molecular formula is C23H24N8O. The summed E-state index contributed by atoms with van der Waals surface area (Å²) < 4.78 is 1.62. The number of nitrogens with one attached hydrogen (secondary N) is 2. The topological polar surface area (TPSA) is 101 Å². The lowest BCUT2D eigenvalue weighted by Gasteiger charge is -2.24. The van der Waals surface area contributed by atoms with Crippen molar-refractivity contribution in [2.75, 3.05) is 29.9 Å². The molecule has 0 atom stereocenters. The molecule has 32 heavy (non-hydrogen) atoms. The minimum absolute atomic E-state index is 0.0674. The SMILES string of the molecule is O=C(CN(Cc1cccnc1)c1ccccc1)NCCNc1nnnn1-c1ccccc1. The zero-order valence-electron chi connectivity index (χ0n) is 17.5. The number of hydrogen-bond donors (Lipinski definition) is 2. The van der Waals surface area contributed by atoms with Crippen LogP contribution in [0.5, 0.6) is 0 Å². The number of hydrogen-bond acceptors (Lipinski definition) is 7. The summed E-state index contributed by atoms with van der Waals surface area (Å²) >= 11 is 0. The van der Waals surface area contributed by atoms with E-state index < -0.39 is 0 Å². The van der Waals surface area contributed by atoms with Gasteiger partial charge >= 0.3 is 0 Å². The number of benzene rings is 2. The Kier molecular flexibility index (Phi) is 6.99. The Bertz CT molecular complexity index is 1100. The van der Waals surface area contributed by atoms with Crippen LogP contribution in [-0.4, -0.2) is 50.7 Å². The van der Waals surface area contributed by atoms with Crippen molar-refractivity contribution in [2.24, 2.45) is 0 Å². The molecule has 2 N–H and O–H groups in total. The molecule has 0 spiro atoms. The fraction of sp³-hybridized carbons (Fsp3) is 0.174. The van der Waals surface area contributed by atoms with Crippen LogP contribution >= 0.6 is 0 Å². The highest BCUT2D eigenvalue weighted by atomic mass is 16.2. The smallest absolute Gasteiger partial charge is 0.247 e. The maximum atomic E-state index is 12.6. The Morgan fingerprint density at radius 1 is 0.938 bits per heavy atom. The van der Waals surface area contributed by atoms with Gasteiger partial charge in [-0.25, -0.2) is 0 Å².